The van der Waals surface area contributed by atoms with Gasteiger partial charge in [0.25, 0.3) is 0 Å². The lowest BCUT2D eigenvalue weighted by atomic mass is 9.98. The third-order valence-electron chi connectivity index (χ3n) is 3.90. The maximum absolute atomic E-state index is 10.1. The molecule has 112 valence electrons. The first-order valence-corrected chi connectivity index (χ1v) is 7.06. The van der Waals surface area contributed by atoms with Crippen molar-refractivity contribution in [1.29, 1.82) is 0 Å². The van der Waals surface area contributed by atoms with Crippen LogP contribution in [0.1, 0.15) is 31.9 Å². The van der Waals surface area contributed by atoms with Crippen LogP contribution >= 0.6 is 0 Å². The Hall–Kier alpha value is -1.33. The molecule has 1 aliphatic rings. The van der Waals surface area contributed by atoms with Gasteiger partial charge >= 0.3 is 0 Å². The van der Waals surface area contributed by atoms with E-state index in [4.69, 9.17) is 9.47 Å². The van der Waals surface area contributed by atoms with Crippen LogP contribution in [0.15, 0.2) is 12.3 Å². The molecule has 0 bridgehead atoms. The van der Waals surface area contributed by atoms with Crippen LogP contribution in [0.5, 0.6) is 11.5 Å². The summed E-state index contributed by atoms with van der Waals surface area (Å²) in [5, 5.41) is 10.1. The minimum Gasteiger partial charge on any atom is -0.493 e. The van der Waals surface area contributed by atoms with Crippen molar-refractivity contribution in [2.24, 2.45) is 0 Å². The number of pyridine rings is 1. The molecule has 0 spiro atoms. The molecule has 0 saturated carbocycles. The van der Waals surface area contributed by atoms with Crippen LogP contribution < -0.4 is 9.47 Å². The van der Waals surface area contributed by atoms with E-state index in [1.807, 2.05) is 6.92 Å². The normalized spacial score (nSPS) is 24.2. The van der Waals surface area contributed by atoms with E-state index >= 15 is 0 Å². The third kappa shape index (κ3) is 3.61. The lowest BCUT2D eigenvalue weighted by Crippen LogP contribution is -2.28. The van der Waals surface area contributed by atoms with Crippen LogP contribution in [0.3, 0.4) is 0 Å². The van der Waals surface area contributed by atoms with E-state index in [1.165, 1.54) is 0 Å². The van der Waals surface area contributed by atoms with Gasteiger partial charge in [0.2, 0.25) is 0 Å². The molecule has 2 rings (SSSR count). The van der Waals surface area contributed by atoms with Crippen molar-refractivity contribution in [3.8, 4) is 11.5 Å². The number of aliphatic hydroxyl groups is 1. The van der Waals surface area contributed by atoms with E-state index in [0.29, 0.717) is 11.5 Å². The van der Waals surface area contributed by atoms with Gasteiger partial charge in [-0.1, -0.05) is 0 Å². The summed E-state index contributed by atoms with van der Waals surface area (Å²) in [6.45, 7) is 4.48. The second-order valence-electron chi connectivity index (χ2n) is 5.62. The molecule has 20 heavy (non-hydrogen) atoms. The molecule has 0 aliphatic carbocycles. The van der Waals surface area contributed by atoms with Gasteiger partial charge in [-0.05, 0) is 32.7 Å². The van der Waals surface area contributed by atoms with Gasteiger partial charge in [0.1, 0.15) is 5.69 Å². The molecule has 0 amide bonds. The number of hydrogen-bond donors (Lipinski definition) is 1. The van der Waals surface area contributed by atoms with Gasteiger partial charge in [0.05, 0.1) is 19.8 Å². The number of aromatic nitrogens is 1. The van der Waals surface area contributed by atoms with E-state index in [2.05, 4.69) is 9.88 Å². The van der Waals surface area contributed by atoms with Crippen molar-refractivity contribution in [2.75, 3.05) is 27.3 Å². The van der Waals surface area contributed by atoms with Gasteiger partial charge in [-0.25, -0.2) is 0 Å². The highest BCUT2D eigenvalue weighted by molar-refractivity contribution is 5.42. The highest BCUT2D eigenvalue weighted by Crippen LogP contribution is 2.30. The number of ether oxygens (including phenoxy) is 2. The summed E-state index contributed by atoms with van der Waals surface area (Å²) in [4.78, 5) is 6.72. The minimum absolute atomic E-state index is 0.541. The molecule has 5 nitrogen and oxygen atoms in total. The molecule has 1 saturated heterocycles. The largest absolute Gasteiger partial charge is 0.493 e. The highest BCUT2D eigenvalue weighted by Gasteiger charge is 2.25. The molecule has 5 heteroatoms. The fourth-order valence-corrected chi connectivity index (χ4v) is 2.65. The van der Waals surface area contributed by atoms with Gasteiger partial charge < -0.3 is 14.6 Å². The monoisotopic (exact) mass is 280 g/mol. The third-order valence-corrected chi connectivity index (χ3v) is 3.90. The van der Waals surface area contributed by atoms with E-state index in [0.717, 1.165) is 44.6 Å². The SMILES string of the molecule is COc1ccnc(CN2CCCC(C)(O)CC2)c1OC. The second kappa shape index (κ2) is 6.41. The first-order valence-electron chi connectivity index (χ1n) is 7.06. The maximum Gasteiger partial charge on any atom is 0.183 e. The van der Waals surface area contributed by atoms with Gasteiger partial charge in [0, 0.05) is 25.4 Å². The fraction of sp³-hybridized carbons (Fsp3) is 0.667. The molecule has 0 aromatic carbocycles. The summed E-state index contributed by atoms with van der Waals surface area (Å²) in [5.41, 5.74) is 0.342. The topological polar surface area (TPSA) is 54.8 Å². The number of rotatable bonds is 4. The summed E-state index contributed by atoms with van der Waals surface area (Å²) in [6.07, 6.45) is 4.38. The number of hydrogen-bond acceptors (Lipinski definition) is 5. The maximum atomic E-state index is 10.1. The first kappa shape index (κ1) is 15.1. The van der Waals surface area contributed by atoms with Crippen molar-refractivity contribution >= 4 is 0 Å². The van der Waals surface area contributed by atoms with Crippen LogP contribution in [0, 0.1) is 0 Å². The first-order chi connectivity index (χ1) is 9.55. The molecule has 1 aromatic heterocycles. The summed E-state index contributed by atoms with van der Waals surface area (Å²) in [5.74, 6) is 1.41. The minimum atomic E-state index is -0.541. The zero-order chi connectivity index (χ0) is 14.6. The van der Waals surface area contributed by atoms with Crippen molar-refractivity contribution in [3.63, 3.8) is 0 Å². The average Bonchev–Trinajstić information content (AvgIpc) is 2.60. The molecule has 0 radical (unpaired) electrons. The zero-order valence-corrected chi connectivity index (χ0v) is 12.6. The van der Waals surface area contributed by atoms with Crippen molar-refractivity contribution < 1.29 is 14.6 Å². The molecule has 1 N–H and O–H groups in total. The quantitative estimate of drug-likeness (QED) is 0.912. The molecular weight excluding hydrogens is 256 g/mol. The number of nitrogens with zero attached hydrogens (tertiary/aromatic N) is 2. The average molecular weight is 280 g/mol. The van der Waals surface area contributed by atoms with Crippen LogP contribution in [-0.2, 0) is 6.54 Å². The lowest BCUT2D eigenvalue weighted by molar-refractivity contribution is 0.0443. The molecule has 1 atom stereocenters. The summed E-state index contributed by atoms with van der Waals surface area (Å²) in [6, 6.07) is 1.80. The van der Waals surface area contributed by atoms with Crippen molar-refractivity contribution in [1.82, 2.24) is 9.88 Å². The Morgan fingerprint density at radius 2 is 2.10 bits per heavy atom. The Balaban J connectivity index is 2.10. The van der Waals surface area contributed by atoms with Crippen LogP contribution in [0.4, 0.5) is 0 Å². The summed E-state index contributed by atoms with van der Waals surface area (Å²) >= 11 is 0. The molecule has 1 aromatic rings. The summed E-state index contributed by atoms with van der Waals surface area (Å²) < 4.78 is 10.7. The Labute approximate surface area is 120 Å². The number of methoxy groups -OCH3 is 2. The van der Waals surface area contributed by atoms with Gasteiger partial charge in [-0.3, -0.25) is 9.88 Å². The second-order valence-corrected chi connectivity index (χ2v) is 5.62. The summed E-state index contributed by atoms with van der Waals surface area (Å²) in [7, 11) is 3.26. The number of likely N-dealkylation sites (tertiary alicyclic amines) is 1. The molecular formula is C15H24N2O3. The van der Waals surface area contributed by atoms with Crippen LogP contribution in [0.25, 0.3) is 0 Å². The van der Waals surface area contributed by atoms with E-state index in [9.17, 15) is 5.11 Å². The Morgan fingerprint density at radius 1 is 1.30 bits per heavy atom. The predicted molar refractivity (Wildman–Crippen MR) is 77.1 cm³/mol. The Kier molecular flexibility index (Phi) is 4.83. The van der Waals surface area contributed by atoms with E-state index in [1.54, 1.807) is 26.5 Å². The van der Waals surface area contributed by atoms with Gasteiger partial charge in [-0.2, -0.15) is 0 Å². The van der Waals surface area contributed by atoms with E-state index < -0.39 is 5.60 Å². The molecule has 1 unspecified atom stereocenters. The van der Waals surface area contributed by atoms with Crippen LogP contribution in [0.2, 0.25) is 0 Å². The smallest absolute Gasteiger partial charge is 0.183 e. The predicted octanol–water partition coefficient (Wildman–Crippen LogP) is 1.84. The van der Waals surface area contributed by atoms with Crippen molar-refractivity contribution in [3.05, 3.63) is 18.0 Å². The van der Waals surface area contributed by atoms with Crippen molar-refractivity contribution in [2.45, 2.75) is 38.3 Å². The Bertz CT molecular complexity index is 449. The standard InChI is InChI=1S/C15H24N2O3/c1-15(18)6-4-9-17(10-7-15)11-12-14(20-3)13(19-2)5-8-16-12/h5,8,18H,4,6-7,9-11H2,1-3H3. The van der Waals surface area contributed by atoms with Gasteiger partial charge in [-0.15, -0.1) is 0 Å². The highest BCUT2D eigenvalue weighted by atomic mass is 16.5. The van der Waals surface area contributed by atoms with Gasteiger partial charge in [0.15, 0.2) is 11.5 Å². The van der Waals surface area contributed by atoms with Crippen LogP contribution in [-0.4, -0.2) is 47.9 Å². The molecule has 2 heterocycles. The molecule has 1 fully saturated rings. The zero-order valence-electron chi connectivity index (χ0n) is 12.6. The Morgan fingerprint density at radius 3 is 2.80 bits per heavy atom. The molecule has 1 aliphatic heterocycles. The lowest BCUT2D eigenvalue weighted by Gasteiger charge is -2.23. The van der Waals surface area contributed by atoms with E-state index in [-0.39, 0.29) is 0 Å². The fourth-order valence-electron chi connectivity index (χ4n) is 2.65.